The summed E-state index contributed by atoms with van der Waals surface area (Å²) in [5.41, 5.74) is 1.82. The summed E-state index contributed by atoms with van der Waals surface area (Å²) in [4.78, 5) is 0. The summed E-state index contributed by atoms with van der Waals surface area (Å²) < 4.78 is 29.1. The van der Waals surface area contributed by atoms with Crippen LogP contribution in [0.3, 0.4) is 0 Å². The van der Waals surface area contributed by atoms with E-state index in [0.29, 0.717) is 23.6 Å². The number of halogens is 3. The van der Waals surface area contributed by atoms with E-state index in [4.69, 9.17) is 11.6 Å². The maximum absolute atomic E-state index is 14.0. The quantitative estimate of drug-likeness (QED) is 0.915. The zero-order chi connectivity index (χ0) is 15.6. The first kappa shape index (κ1) is 15.9. The molecule has 3 nitrogen and oxygen atoms in total. The van der Waals surface area contributed by atoms with Crippen molar-refractivity contribution in [3.63, 3.8) is 0 Å². The first-order valence-corrected chi connectivity index (χ1v) is 7.18. The zero-order valence-electron chi connectivity index (χ0n) is 12.3. The van der Waals surface area contributed by atoms with E-state index >= 15 is 0 Å². The maximum Gasteiger partial charge on any atom is 0.128 e. The van der Waals surface area contributed by atoms with Gasteiger partial charge in [0.15, 0.2) is 0 Å². The number of rotatable bonds is 5. The van der Waals surface area contributed by atoms with Crippen LogP contribution in [0.1, 0.15) is 29.9 Å². The van der Waals surface area contributed by atoms with Gasteiger partial charge in [0.05, 0.1) is 16.4 Å². The molecule has 0 amide bonds. The second-order valence-electron chi connectivity index (χ2n) is 4.95. The fourth-order valence-corrected chi connectivity index (χ4v) is 2.65. The SMILES string of the molecule is CCNC(Cc1c(Cl)c(C)nn1C)c1cc(F)ccc1F. The van der Waals surface area contributed by atoms with Gasteiger partial charge in [-0.25, -0.2) is 8.78 Å². The van der Waals surface area contributed by atoms with Gasteiger partial charge in [-0.3, -0.25) is 4.68 Å². The van der Waals surface area contributed by atoms with Gasteiger partial charge >= 0.3 is 0 Å². The van der Waals surface area contributed by atoms with Crippen LogP contribution in [0, 0.1) is 18.6 Å². The maximum atomic E-state index is 14.0. The molecule has 0 aliphatic carbocycles. The molecule has 114 valence electrons. The lowest BCUT2D eigenvalue weighted by molar-refractivity contribution is 0.490. The zero-order valence-corrected chi connectivity index (χ0v) is 13.0. The fourth-order valence-electron chi connectivity index (χ4n) is 2.42. The summed E-state index contributed by atoms with van der Waals surface area (Å²) in [6, 6.07) is 3.12. The summed E-state index contributed by atoms with van der Waals surface area (Å²) in [5.74, 6) is -0.890. The highest BCUT2D eigenvalue weighted by molar-refractivity contribution is 6.31. The Morgan fingerprint density at radius 1 is 1.38 bits per heavy atom. The van der Waals surface area contributed by atoms with Crippen molar-refractivity contribution in [1.29, 1.82) is 0 Å². The van der Waals surface area contributed by atoms with Crippen molar-refractivity contribution in [2.45, 2.75) is 26.3 Å². The van der Waals surface area contributed by atoms with Gasteiger partial charge in [-0.05, 0) is 31.7 Å². The highest BCUT2D eigenvalue weighted by atomic mass is 35.5. The van der Waals surface area contributed by atoms with E-state index in [-0.39, 0.29) is 6.04 Å². The Morgan fingerprint density at radius 2 is 2.10 bits per heavy atom. The molecular weight excluding hydrogens is 296 g/mol. The van der Waals surface area contributed by atoms with Crippen molar-refractivity contribution in [1.82, 2.24) is 15.1 Å². The van der Waals surface area contributed by atoms with Crippen LogP contribution in [-0.2, 0) is 13.5 Å². The first-order chi connectivity index (χ1) is 9.93. The van der Waals surface area contributed by atoms with Gasteiger partial charge in [0.2, 0.25) is 0 Å². The van der Waals surface area contributed by atoms with Crippen LogP contribution in [0.5, 0.6) is 0 Å². The summed E-state index contributed by atoms with van der Waals surface area (Å²) in [6.45, 7) is 4.37. The Morgan fingerprint density at radius 3 is 2.67 bits per heavy atom. The lowest BCUT2D eigenvalue weighted by Gasteiger charge is -2.19. The van der Waals surface area contributed by atoms with Crippen LogP contribution in [0.4, 0.5) is 8.78 Å². The molecule has 2 rings (SSSR count). The smallest absolute Gasteiger partial charge is 0.128 e. The van der Waals surface area contributed by atoms with Crippen LogP contribution in [0.25, 0.3) is 0 Å². The number of hydrogen-bond donors (Lipinski definition) is 1. The summed E-state index contributed by atoms with van der Waals surface area (Å²) in [7, 11) is 1.79. The molecule has 1 unspecified atom stereocenters. The molecule has 0 fully saturated rings. The van der Waals surface area contributed by atoms with Gasteiger partial charge in [-0.2, -0.15) is 5.10 Å². The second-order valence-corrected chi connectivity index (χ2v) is 5.33. The molecule has 1 atom stereocenters. The average Bonchev–Trinajstić information content (AvgIpc) is 2.67. The Labute approximate surface area is 127 Å². The standard InChI is InChI=1S/C15H18ClF2N3/c1-4-19-13(11-7-10(17)5-6-12(11)18)8-14-15(16)9(2)20-21(14)3/h5-7,13,19H,4,8H2,1-3H3. The van der Waals surface area contributed by atoms with Crippen molar-refractivity contribution in [3.8, 4) is 0 Å². The predicted octanol–water partition coefficient (Wildman–Crippen LogP) is 3.55. The van der Waals surface area contributed by atoms with E-state index in [9.17, 15) is 8.78 Å². The van der Waals surface area contributed by atoms with Gasteiger partial charge in [-0.1, -0.05) is 18.5 Å². The number of likely N-dealkylation sites (N-methyl/N-ethyl adjacent to an activating group) is 1. The Balaban J connectivity index is 2.37. The first-order valence-electron chi connectivity index (χ1n) is 6.80. The van der Waals surface area contributed by atoms with Gasteiger partial charge in [0.1, 0.15) is 11.6 Å². The van der Waals surface area contributed by atoms with Crippen LogP contribution < -0.4 is 5.32 Å². The van der Waals surface area contributed by atoms with Gasteiger partial charge in [-0.15, -0.1) is 0 Å². The molecule has 1 heterocycles. The topological polar surface area (TPSA) is 29.9 Å². The number of nitrogens with zero attached hydrogens (tertiary/aromatic N) is 2. The lowest BCUT2D eigenvalue weighted by atomic mass is 10.0. The summed E-state index contributed by atoms with van der Waals surface area (Å²) in [6.07, 6.45) is 0.435. The van der Waals surface area contributed by atoms with Crippen LogP contribution in [0.2, 0.25) is 5.02 Å². The third-order valence-electron chi connectivity index (χ3n) is 3.44. The monoisotopic (exact) mass is 313 g/mol. The van der Waals surface area contributed by atoms with Crippen LogP contribution >= 0.6 is 11.6 Å². The summed E-state index contributed by atoms with van der Waals surface area (Å²) in [5, 5.41) is 7.99. The molecule has 2 aromatic rings. The molecule has 0 saturated heterocycles. The highest BCUT2D eigenvalue weighted by Crippen LogP contribution is 2.27. The summed E-state index contributed by atoms with van der Waals surface area (Å²) >= 11 is 6.24. The van der Waals surface area contributed by atoms with E-state index in [1.54, 1.807) is 11.7 Å². The van der Waals surface area contributed by atoms with E-state index in [0.717, 1.165) is 23.5 Å². The molecule has 1 N–H and O–H groups in total. The Kier molecular flexibility index (Phi) is 4.96. The normalized spacial score (nSPS) is 12.7. The third kappa shape index (κ3) is 3.41. The molecule has 0 radical (unpaired) electrons. The molecule has 0 bridgehead atoms. The third-order valence-corrected chi connectivity index (χ3v) is 3.93. The van der Waals surface area contributed by atoms with E-state index in [2.05, 4.69) is 10.4 Å². The largest absolute Gasteiger partial charge is 0.310 e. The van der Waals surface area contributed by atoms with Gasteiger partial charge in [0, 0.05) is 25.1 Å². The molecule has 0 saturated carbocycles. The van der Waals surface area contributed by atoms with Gasteiger partial charge < -0.3 is 5.32 Å². The average molecular weight is 314 g/mol. The van der Waals surface area contributed by atoms with E-state index in [1.807, 2.05) is 13.8 Å². The molecule has 0 aliphatic heterocycles. The Bertz CT molecular complexity index is 640. The van der Waals surface area contributed by atoms with Crippen molar-refractivity contribution >= 4 is 11.6 Å². The molecule has 1 aromatic carbocycles. The fraction of sp³-hybridized carbons (Fsp3) is 0.400. The van der Waals surface area contributed by atoms with Crippen molar-refractivity contribution in [2.75, 3.05) is 6.54 Å². The highest BCUT2D eigenvalue weighted by Gasteiger charge is 2.21. The lowest BCUT2D eigenvalue weighted by Crippen LogP contribution is -2.25. The van der Waals surface area contributed by atoms with Crippen molar-refractivity contribution in [2.24, 2.45) is 7.05 Å². The molecule has 6 heteroatoms. The number of nitrogens with one attached hydrogen (secondary N) is 1. The van der Waals surface area contributed by atoms with E-state index < -0.39 is 11.6 Å². The number of benzene rings is 1. The van der Waals surface area contributed by atoms with Crippen molar-refractivity contribution in [3.05, 3.63) is 51.8 Å². The van der Waals surface area contributed by atoms with Gasteiger partial charge in [0.25, 0.3) is 0 Å². The minimum Gasteiger partial charge on any atom is -0.310 e. The Hall–Kier alpha value is -1.46. The molecule has 0 spiro atoms. The van der Waals surface area contributed by atoms with Crippen LogP contribution in [-0.4, -0.2) is 16.3 Å². The molecular formula is C15H18ClF2N3. The molecule has 0 aliphatic rings. The second kappa shape index (κ2) is 6.54. The van der Waals surface area contributed by atoms with Crippen molar-refractivity contribution < 1.29 is 8.78 Å². The minimum atomic E-state index is -0.457. The van der Waals surface area contributed by atoms with Crippen LogP contribution in [0.15, 0.2) is 18.2 Å². The molecule has 1 aromatic heterocycles. The minimum absolute atomic E-state index is 0.298. The molecule has 21 heavy (non-hydrogen) atoms. The number of hydrogen-bond acceptors (Lipinski definition) is 2. The van der Waals surface area contributed by atoms with E-state index in [1.165, 1.54) is 6.07 Å². The number of aryl methyl sites for hydroxylation is 2. The predicted molar refractivity (Wildman–Crippen MR) is 79.4 cm³/mol. The number of aromatic nitrogens is 2.